The van der Waals surface area contributed by atoms with Crippen molar-refractivity contribution in [1.82, 2.24) is 9.71 Å². The van der Waals surface area contributed by atoms with Crippen LogP contribution in [0.2, 0.25) is 0 Å². The highest BCUT2D eigenvalue weighted by molar-refractivity contribution is 7.89. The molecule has 1 aliphatic rings. The molecule has 0 atom stereocenters. The fourth-order valence-electron chi connectivity index (χ4n) is 1.88. The van der Waals surface area contributed by atoms with E-state index in [1.165, 1.54) is 0 Å². The van der Waals surface area contributed by atoms with Crippen LogP contribution in [0.3, 0.4) is 0 Å². The zero-order valence-electron chi connectivity index (χ0n) is 10.2. The first-order valence-electron chi connectivity index (χ1n) is 6.08. The van der Waals surface area contributed by atoms with Crippen LogP contribution in [0.15, 0.2) is 24.5 Å². The molecule has 0 spiro atoms. The van der Waals surface area contributed by atoms with E-state index in [-0.39, 0.29) is 12.3 Å². The van der Waals surface area contributed by atoms with Gasteiger partial charge in [-0.2, -0.15) is 0 Å². The Kier molecular flexibility index (Phi) is 3.99. The van der Waals surface area contributed by atoms with Gasteiger partial charge < -0.3 is 5.11 Å². The molecular formula is C12H18N2O3S. The minimum atomic E-state index is -3.32. The van der Waals surface area contributed by atoms with Crippen LogP contribution in [-0.4, -0.2) is 36.4 Å². The number of nitrogens with zero attached hydrogens (tertiary/aromatic N) is 1. The molecule has 5 nitrogen and oxygen atoms in total. The van der Waals surface area contributed by atoms with Crippen LogP contribution in [0, 0.1) is 0 Å². The predicted molar refractivity (Wildman–Crippen MR) is 68.5 cm³/mol. The third-order valence-corrected chi connectivity index (χ3v) is 4.64. The smallest absolute Gasteiger partial charge is 0.212 e. The molecule has 0 radical (unpaired) electrons. The lowest BCUT2D eigenvalue weighted by Gasteiger charge is -2.36. The van der Waals surface area contributed by atoms with Gasteiger partial charge in [0, 0.05) is 18.9 Å². The zero-order chi connectivity index (χ0) is 13.1. The molecule has 100 valence electrons. The van der Waals surface area contributed by atoms with Crippen LogP contribution in [0.25, 0.3) is 0 Å². The summed E-state index contributed by atoms with van der Waals surface area (Å²) < 4.78 is 26.0. The molecule has 0 bridgehead atoms. The Morgan fingerprint density at radius 2 is 2.00 bits per heavy atom. The van der Waals surface area contributed by atoms with Gasteiger partial charge in [-0.05, 0) is 43.4 Å². The van der Waals surface area contributed by atoms with Crippen LogP contribution >= 0.6 is 0 Å². The number of aryl methyl sites for hydroxylation is 1. The summed E-state index contributed by atoms with van der Waals surface area (Å²) in [5.41, 5.74) is 0.127. The highest BCUT2D eigenvalue weighted by Gasteiger charge is 2.35. The number of hydrogen-bond donors (Lipinski definition) is 2. The first-order valence-corrected chi connectivity index (χ1v) is 7.73. The Hall–Kier alpha value is -0.980. The summed E-state index contributed by atoms with van der Waals surface area (Å²) in [6.45, 7) is 0.131. The van der Waals surface area contributed by atoms with Crippen molar-refractivity contribution >= 4 is 10.0 Å². The fourth-order valence-corrected chi connectivity index (χ4v) is 3.02. The lowest BCUT2D eigenvalue weighted by atomic mass is 9.81. The van der Waals surface area contributed by atoms with E-state index in [1.807, 2.05) is 0 Å². The number of rotatable bonds is 6. The van der Waals surface area contributed by atoms with Crippen molar-refractivity contribution in [3.8, 4) is 0 Å². The quantitative estimate of drug-likeness (QED) is 0.787. The highest BCUT2D eigenvalue weighted by atomic mass is 32.2. The fraction of sp³-hybridized carbons (Fsp3) is 0.583. The van der Waals surface area contributed by atoms with Gasteiger partial charge in [0.1, 0.15) is 0 Å². The molecule has 2 N–H and O–H groups in total. The molecule has 0 saturated heterocycles. The van der Waals surface area contributed by atoms with E-state index in [0.717, 1.165) is 12.0 Å². The second-order valence-electron chi connectivity index (χ2n) is 4.82. The molecule has 0 unspecified atom stereocenters. The molecule has 6 heteroatoms. The van der Waals surface area contributed by atoms with Gasteiger partial charge in [0.05, 0.1) is 11.4 Å². The van der Waals surface area contributed by atoms with Crippen LogP contribution in [0.4, 0.5) is 0 Å². The Bertz CT molecular complexity index is 483. The van der Waals surface area contributed by atoms with Gasteiger partial charge in [-0.3, -0.25) is 4.98 Å². The maximum absolute atomic E-state index is 11.8. The molecule has 1 aromatic heterocycles. The number of sulfonamides is 1. The average Bonchev–Trinajstić information content (AvgIpc) is 2.33. The molecule has 1 aliphatic carbocycles. The van der Waals surface area contributed by atoms with Crippen LogP contribution < -0.4 is 4.72 Å². The van der Waals surface area contributed by atoms with Gasteiger partial charge in [-0.25, -0.2) is 13.1 Å². The van der Waals surface area contributed by atoms with Gasteiger partial charge in [-0.1, -0.05) is 0 Å². The monoisotopic (exact) mass is 270 g/mol. The van der Waals surface area contributed by atoms with E-state index in [4.69, 9.17) is 0 Å². The molecule has 0 aliphatic heterocycles. The zero-order valence-corrected chi connectivity index (χ0v) is 11.0. The standard InChI is InChI=1S/C12H18N2O3S/c15-12(5-1-6-12)10-14-18(16,17)9-4-11-2-7-13-8-3-11/h2-3,7-8,14-15H,1,4-6,9-10H2. The number of aliphatic hydroxyl groups is 1. The van der Waals surface area contributed by atoms with Gasteiger partial charge in [0.25, 0.3) is 0 Å². The Balaban J connectivity index is 1.80. The molecular weight excluding hydrogens is 252 g/mol. The predicted octanol–water partition coefficient (Wildman–Crippen LogP) is 0.458. The van der Waals surface area contributed by atoms with Gasteiger partial charge >= 0.3 is 0 Å². The van der Waals surface area contributed by atoms with Crippen molar-refractivity contribution in [2.45, 2.75) is 31.3 Å². The first-order chi connectivity index (χ1) is 8.49. The molecule has 18 heavy (non-hydrogen) atoms. The first kappa shape index (κ1) is 13.5. The number of nitrogens with one attached hydrogen (secondary N) is 1. The summed E-state index contributed by atoms with van der Waals surface area (Å²) in [6, 6.07) is 3.60. The van der Waals surface area contributed by atoms with Gasteiger partial charge in [-0.15, -0.1) is 0 Å². The SMILES string of the molecule is O=S(=O)(CCc1ccncc1)NCC1(O)CCC1. The summed E-state index contributed by atoms with van der Waals surface area (Å²) in [6.07, 6.45) is 6.07. The third-order valence-electron chi connectivity index (χ3n) is 3.31. The summed E-state index contributed by atoms with van der Waals surface area (Å²) >= 11 is 0. The number of aromatic nitrogens is 1. The number of hydrogen-bond acceptors (Lipinski definition) is 4. The van der Waals surface area contributed by atoms with Gasteiger partial charge in [0.2, 0.25) is 10.0 Å². The van der Waals surface area contributed by atoms with Crippen molar-refractivity contribution < 1.29 is 13.5 Å². The Morgan fingerprint density at radius 1 is 1.33 bits per heavy atom. The van der Waals surface area contributed by atoms with Crippen molar-refractivity contribution in [2.75, 3.05) is 12.3 Å². The van der Waals surface area contributed by atoms with Crippen molar-refractivity contribution in [3.63, 3.8) is 0 Å². The minimum Gasteiger partial charge on any atom is -0.389 e. The van der Waals surface area contributed by atoms with Crippen LogP contribution in [-0.2, 0) is 16.4 Å². The van der Waals surface area contributed by atoms with Crippen LogP contribution in [0.5, 0.6) is 0 Å². The summed E-state index contributed by atoms with van der Waals surface area (Å²) in [4.78, 5) is 3.88. The van der Waals surface area contributed by atoms with E-state index >= 15 is 0 Å². The maximum Gasteiger partial charge on any atom is 0.212 e. The van der Waals surface area contributed by atoms with Crippen molar-refractivity contribution in [3.05, 3.63) is 30.1 Å². The summed E-state index contributed by atoms with van der Waals surface area (Å²) in [5, 5.41) is 9.82. The number of pyridine rings is 1. The van der Waals surface area contributed by atoms with Crippen molar-refractivity contribution in [2.24, 2.45) is 0 Å². The van der Waals surface area contributed by atoms with E-state index in [9.17, 15) is 13.5 Å². The van der Waals surface area contributed by atoms with Gasteiger partial charge in [0.15, 0.2) is 0 Å². The molecule has 1 aromatic rings. The van der Waals surface area contributed by atoms with E-state index in [2.05, 4.69) is 9.71 Å². The molecule has 0 aromatic carbocycles. The molecule has 1 saturated carbocycles. The Labute approximate surface area is 107 Å². The second-order valence-corrected chi connectivity index (χ2v) is 6.75. The normalized spacial score (nSPS) is 18.3. The molecule has 1 heterocycles. The summed E-state index contributed by atoms with van der Waals surface area (Å²) in [7, 11) is -3.32. The molecule has 1 fully saturated rings. The topological polar surface area (TPSA) is 79.3 Å². The van der Waals surface area contributed by atoms with Crippen LogP contribution in [0.1, 0.15) is 24.8 Å². The van der Waals surface area contributed by atoms with E-state index < -0.39 is 15.6 Å². The largest absolute Gasteiger partial charge is 0.389 e. The van der Waals surface area contributed by atoms with E-state index in [1.54, 1.807) is 24.5 Å². The van der Waals surface area contributed by atoms with Crippen molar-refractivity contribution in [1.29, 1.82) is 0 Å². The Morgan fingerprint density at radius 3 is 2.56 bits per heavy atom. The minimum absolute atomic E-state index is 0.0348. The average molecular weight is 270 g/mol. The second kappa shape index (κ2) is 5.34. The third kappa shape index (κ3) is 3.76. The maximum atomic E-state index is 11.8. The molecule has 0 amide bonds. The lowest BCUT2D eigenvalue weighted by Crippen LogP contribution is -2.48. The molecule has 2 rings (SSSR count). The summed E-state index contributed by atoms with van der Waals surface area (Å²) in [5.74, 6) is 0.0348. The van der Waals surface area contributed by atoms with E-state index in [0.29, 0.717) is 19.3 Å². The highest BCUT2D eigenvalue weighted by Crippen LogP contribution is 2.30. The lowest BCUT2D eigenvalue weighted by molar-refractivity contribution is -0.0270.